The molecule has 1 heterocycles. The molecule has 0 fully saturated rings. The van der Waals surface area contributed by atoms with Crippen LogP contribution >= 0.6 is 0 Å². The van der Waals surface area contributed by atoms with Gasteiger partial charge in [0.1, 0.15) is 5.76 Å². The molecule has 0 N–H and O–H groups in total. The van der Waals surface area contributed by atoms with Gasteiger partial charge in [-0.2, -0.15) is 0 Å². The van der Waals surface area contributed by atoms with Gasteiger partial charge in [0.05, 0.1) is 17.1 Å². The Balaban J connectivity index is 1.25. The molecular formula is C50H37NO. The molecule has 248 valence electrons. The van der Waals surface area contributed by atoms with Crippen LogP contribution in [0.15, 0.2) is 137 Å². The maximum Gasteiger partial charge on any atom is 0.159 e. The van der Waals surface area contributed by atoms with E-state index < -0.39 is 0 Å². The van der Waals surface area contributed by atoms with Crippen molar-refractivity contribution in [3.05, 3.63) is 179 Å². The van der Waals surface area contributed by atoms with E-state index in [2.05, 4.69) is 166 Å². The van der Waals surface area contributed by atoms with Crippen molar-refractivity contribution in [3.63, 3.8) is 0 Å². The minimum atomic E-state index is -0.134. The zero-order valence-corrected chi connectivity index (χ0v) is 29.9. The maximum atomic E-state index is 7.33. The molecular weight excluding hydrogens is 631 g/mol. The van der Waals surface area contributed by atoms with Crippen LogP contribution in [-0.2, 0) is 17.3 Å². The van der Waals surface area contributed by atoms with Gasteiger partial charge >= 0.3 is 0 Å². The second-order valence-electron chi connectivity index (χ2n) is 15.8. The topological polar surface area (TPSA) is 16.4 Å². The van der Waals surface area contributed by atoms with Crippen LogP contribution < -0.4 is 4.90 Å². The fourth-order valence-corrected chi connectivity index (χ4v) is 10.0. The smallest absolute Gasteiger partial charge is 0.159 e. The molecule has 7 aromatic carbocycles. The number of rotatable bonds is 3. The Morgan fingerprint density at radius 2 is 1.27 bits per heavy atom. The lowest BCUT2D eigenvalue weighted by Crippen LogP contribution is -2.18. The minimum Gasteiger partial charge on any atom is -0.454 e. The molecule has 3 aliphatic rings. The third-order valence-corrected chi connectivity index (χ3v) is 12.5. The average Bonchev–Trinajstić information content (AvgIpc) is 3.76. The van der Waals surface area contributed by atoms with Crippen molar-refractivity contribution in [3.8, 4) is 11.1 Å². The summed E-state index contributed by atoms with van der Waals surface area (Å²) in [5, 5.41) is 5.75. The molecule has 0 atom stereocenters. The number of anilines is 3. The van der Waals surface area contributed by atoms with E-state index in [0.29, 0.717) is 0 Å². The Bertz CT molecular complexity index is 2860. The number of hydrogen-bond acceptors (Lipinski definition) is 2. The molecule has 11 rings (SSSR count). The lowest BCUT2D eigenvalue weighted by Gasteiger charge is -2.30. The highest BCUT2D eigenvalue weighted by molar-refractivity contribution is 6.16. The number of allylic oxidation sites excluding steroid dienone is 1. The SMILES string of the molecule is CC1(C)C2=C(c3ccccc31)c1oc3c(N(c4cccc5c4-c4ccccc4C5(C)C)c4cc5ccc#cc5c5ccccc45)cccc3c1CC2. The van der Waals surface area contributed by atoms with Crippen molar-refractivity contribution in [2.75, 3.05) is 4.90 Å². The second-order valence-corrected chi connectivity index (χ2v) is 15.8. The van der Waals surface area contributed by atoms with Gasteiger partial charge in [-0.3, -0.25) is 0 Å². The summed E-state index contributed by atoms with van der Waals surface area (Å²) in [4.78, 5) is 2.49. The summed E-state index contributed by atoms with van der Waals surface area (Å²) >= 11 is 0. The van der Waals surface area contributed by atoms with Crippen molar-refractivity contribution >= 4 is 55.1 Å². The normalized spacial score (nSPS) is 16.0. The van der Waals surface area contributed by atoms with E-state index in [9.17, 15) is 0 Å². The highest BCUT2D eigenvalue weighted by Crippen LogP contribution is 2.58. The first-order valence-electron chi connectivity index (χ1n) is 18.5. The van der Waals surface area contributed by atoms with Crippen molar-refractivity contribution in [1.82, 2.24) is 0 Å². The number of nitrogens with zero attached hydrogens (tertiary/aromatic N) is 1. The summed E-state index contributed by atoms with van der Waals surface area (Å²) in [6, 6.07) is 53.4. The van der Waals surface area contributed by atoms with Crippen LogP contribution in [0.3, 0.4) is 0 Å². The predicted octanol–water partition coefficient (Wildman–Crippen LogP) is 13.2. The van der Waals surface area contributed by atoms with Gasteiger partial charge in [0, 0.05) is 49.1 Å². The largest absolute Gasteiger partial charge is 0.454 e. The quantitative estimate of drug-likeness (QED) is 0.186. The van der Waals surface area contributed by atoms with E-state index in [4.69, 9.17) is 4.42 Å². The lowest BCUT2D eigenvalue weighted by molar-refractivity contribution is 0.571. The van der Waals surface area contributed by atoms with Gasteiger partial charge in [-0.05, 0) is 82.0 Å². The summed E-state index contributed by atoms with van der Waals surface area (Å²) in [5.41, 5.74) is 16.2. The van der Waals surface area contributed by atoms with Crippen LogP contribution in [0.25, 0.3) is 49.2 Å². The highest BCUT2D eigenvalue weighted by atomic mass is 16.3. The Morgan fingerprint density at radius 3 is 2.12 bits per heavy atom. The van der Waals surface area contributed by atoms with Gasteiger partial charge in [0.25, 0.3) is 0 Å². The second kappa shape index (κ2) is 10.3. The summed E-state index contributed by atoms with van der Waals surface area (Å²) in [7, 11) is 0. The van der Waals surface area contributed by atoms with Gasteiger partial charge in [-0.25, -0.2) is 0 Å². The van der Waals surface area contributed by atoms with Gasteiger partial charge in [0.2, 0.25) is 0 Å². The highest BCUT2D eigenvalue weighted by Gasteiger charge is 2.43. The molecule has 0 bridgehead atoms. The Hall–Kier alpha value is -6.04. The van der Waals surface area contributed by atoms with Crippen LogP contribution in [0.5, 0.6) is 0 Å². The molecule has 1 aromatic heterocycles. The molecule has 3 aliphatic carbocycles. The standard InChI is InChI=1S/C50H37NO/c1-49(2)38-22-11-9-19-36(38)45-40(49)24-14-25-42(45)51(44-29-30-15-5-6-16-31(30)32-17-7-8-18-33(32)44)43-26-13-21-34-35-27-28-41-46(48(35)52-47(34)43)37-20-10-12-23-39(37)50(41,3)4/h5,7-15,17-26,29H,27-28H2,1-4H3. The fraction of sp³-hybridized carbons (Fsp3) is 0.160. The fourth-order valence-electron chi connectivity index (χ4n) is 10.0. The molecule has 2 heteroatoms. The van der Waals surface area contributed by atoms with Gasteiger partial charge < -0.3 is 9.32 Å². The molecule has 0 radical (unpaired) electrons. The van der Waals surface area contributed by atoms with Crippen LogP contribution in [0.2, 0.25) is 0 Å². The monoisotopic (exact) mass is 667 g/mol. The Labute approximate surface area is 304 Å². The number of fused-ring (bicyclic) bond motifs is 12. The van der Waals surface area contributed by atoms with E-state index in [1.807, 2.05) is 6.07 Å². The van der Waals surface area contributed by atoms with Gasteiger partial charge in [0.15, 0.2) is 5.58 Å². The zero-order valence-electron chi connectivity index (χ0n) is 29.9. The summed E-state index contributed by atoms with van der Waals surface area (Å²) in [5.74, 6) is 1.04. The van der Waals surface area contributed by atoms with Crippen LogP contribution in [0.1, 0.15) is 67.7 Å². The summed E-state index contributed by atoms with van der Waals surface area (Å²) < 4.78 is 7.33. The molecule has 0 spiro atoms. The first kappa shape index (κ1) is 29.7. The van der Waals surface area contributed by atoms with E-state index in [-0.39, 0.29) is 10.8 Å². The molecule has 0 saturated heterocycles. The van der Waals surface area contributed by atoms with Crippen LogP contribution in [0.4, 0.5) is 17.1 Å². The molecule has 0 saturated carbocycles. The molecule has 0 aliphatic heterocycles. The van der Waals surface area contributed by atoms with E-state index >= 15 is 0 Å². The first-order chi connectivity index (χ1) is 25.3. The molecule has 0 amide bonds. The molecule has 0 unspecified atom stereocenters. The Morgan fingerprint density at radius 1 is 0.596 bits per heavy atom. The number of furan rings is 1. The van der Waals surface area contributed by atoms with Crippen LogP contribution in [0, 0.1) is 12.1 Å². The third kappa shape index (κ3) is 3.76. The zero-order chi connectivity index (χ0) is 34.9. The number of benzene rings is 6. The van der Waals surface area contributed by atoms with Crippen LogP contribution in [-0.4, -0.2) is 0 Å². The van der Waals surface area contributed by atoms with Gasteiger partial charge in [-0.1, -0.05) is 137 Å². The molecule has 2 nitrogen and oxygen atoms in total. The Kier molecular flexibility index (Phi) is 5.86. The van der Waals surface area contributed by atoms with Gasteiger partial charge in [-0.15, -0.1) is 0 Å². The summed E-state index contributed by atoms with van der Waals surface area (Å²) in [6.07, 6.45) is 2.00. The number of aryl methyl sites for hydroxylation is 1. The van der Waals surface area contributed by atoms with E-state index in [0.717, 1.165) is 57.4 Å². The number of hydrogen-bond donors (Lipinski definition) is 0. The lowest BCUT2D eigenvalue weighted by atomic mass is 9.77. The molecule has 8 aromatic rings. The van der Waals surface area contributed by atoms with E-state index in [1.54, 1.807) is 0 Å². The minimum absolute atomic E-state index is 0.0271. The van der Waals surface area contributed by atoms with Crippen molar-refractivity contribution in [1.29, 1.82) is 0 Å². The third-order valence-electron chi connectivity index (χ3n) is 12.5. The first-order valence-corrected chi connectivity index (χ1v) is 18.5. The predicted molar refractivity (Wildman–Crippen MR) is 215 cm³/mol. The van der Waals surface area contributed by atoms with Crippen molar-refractivity contribution < 1.29 is 4.42 Å². The number of para-hydroxylation sites is 1. The maximum absolute atomic E-state index is 7.33. The molecule has 52 heavy (non-hydrogen) atoms. The summed E-state index contributed by atoms with van der Waals surface area (Å²) in [6.45, 7) is 9.47. The van der Waals surface area contributed by atoms with Crippen molar-refractivity contribution in [2.24, 2.45) is 0 Å². The van der Waals surface area contributed by atoms with Crippen molar-refractivity contribution in [2.45, 2.75) is 51.4 Å². The average molecular weight is 668 g/mol. The van der Waals surface area contributed by atoms with E-state index in [1.165, 1.54) is 60.9 Å².